The second-order valence-electron chi connectivity index (χ2n) is 7.03. The summed E-state index contributed by atoms with van der Waals surface area (Å²) in [6.07, 6.45) is 0.742. The number of carbonyl (C=O) groups is 2. The lowest BCUT2D eigenvalue weighted by atomic mass is 10.1. The number of benzene rings is 2. The Bertz CT molecular complexity index is 931. The Hall–Kier alpha value is -3.09. The van der Waals surface area contributed by atoms with Gasteiger partial charge in [-0.1, -0.05) is 36.4 Å². The van der Waals surface area contributed by atoms with Crippen LogP contribution in [0.4, 0.5) is 8.78 Å². The number of hydrogen-bond acceptors (Lipinski definition) is 3. The summed E-state index contributed by atoms with van der Waals surface area (Å²) in [6, 6.07) is 12.8. The standard InChI is InChI=1S/C22H23F2N3O2/c1-15(17-8-9-18(23)19(24)14-17)26(2)21(28)10-11-22(29)27-13-12-20(25-27)16-6-4-3-5-7-16/h3-9,14-15H,10-13H2,1-2H3. The third-order valence-corrected chi connectivity index (χ3v) is 5.15. The Morgan fingerprint density at radius 1 is 1.10 bits per heavy atom. The topological polar surface area (TPSA) is 53.0 Å². The molecule has 7 heteroatoms. The molecule has 3 rings (SSSR count). The van der Waals surface area contributed by atoms with Gasteiger partial charge in [-0.2, -0.15) is 5.10 Å². The van der Waals surface area contributed by atoms with Crippen LogP contribution >= 0.6 is 0 Å². The maximum absolute atomic E-state index is 13.4. The van der Waals surface area contributed by atoms with Gasteiger partial charge in [0.2, 0.25) is 11.8 Å². The summed E-state index contributed by atoms with van der Waals surface area (Å²) in [5.74, 6) is -2.34. The number of halogens is 2. The van der Waals surface area contributed by atoms with Crippen LogP contribution in [0.2, 0.25) is 0 Å². The van der Waals surface area contributed by atoms with Crippen molar-refractivity contribution in [2.24, 2.45) is 5.10 Å². The van der Waals surface area contributed by atoms with E-state index in [1.165, 1.54) is 16.0 Å². The van der Waals surface area contributed by atoms with Gasteiger partial charge in [0.05, 0.1) is 18.3 Å². The van der Waals surface area contributed by atoms with E-state index in [4.69, 9.17) is 0 Å². The van der Waals surface area contributed by atoms with E-state index in [1.807, 2.05) is 30.3 Å². The van der Waals surface area contributed by atoms with Crippen LogP contribution in [0.3, 0.4) is 0 Å². The van der Waals surface area contributed by atoms with E-state index in [0.717, 1.165) is 23.4 Å². The van der Waals surface area contributed by atoms with Crippen LogP contribution < -0.4 is 0 Å². The molecule has 0 spiro atoms. The molecule has 2 aromatic carbocycles. The van der Waals surface area contributed by atoms with Crippen LogP contribution in [0.25, 0.3) is 0 Å². The van der Waals surface area contributed by atoms with E-state index in [-0.39, 0.29) is 24.7 Å². The van der Waals surface area contributed by atoms with Crippen LogP contribution in [-0.2, 0) is 9.59 Å². The van der Waals surface area contributed by atoms with Crippen molar-refractivity contribution < 1.29 is 18.4 Å². The SMILES string of the molecule is CC(c1ccc(F)c(F)c1)N(C)C(=O)CCC(=O)N1CCC(c2ccccc2)=N1. The fraction of sp³-hybridized carbons (Fsp3) is 0.318. The van der Waals surface area contributed by atoms with E-state index < -0.39 is 17.7 Å². The third-order valence-electron chi connectivity index (χ3n) is 5.15. The van der Waals surface area contributed by atoms with Crippen molar-refractivity contribution in [3.63, 3.8) is 0 Å². The molecule has 0 saturated heterocycles. The molecule has 1 aliphatic heterocycles. The Kier molecular flexibility index (Phi) is 6.36. The summed E-state index contributed by atoms with van der Waals surface area (Å²) in [7, 11) is 1.58. The van der Waals surface area contributed by atoms with Crippen molar-refractivity contribution in [2.45, 2.75) is 32.2 Å². The molecule has 1 atom stereocenters. The summed E-state index contributed by atoms with van der Waals surface area (Å²) < 4.78 is 26.6. The molecule has 2 amide bonds. The number of nitrogens with zero attached hydrogens (tertiary/aromatic N) is 3. The van der Waals surface area contributed by atoms with Gasteiger partial charge in [-0.25, -0.2) is 13.8 Å². The molecule has 1 heterocycles. The highest BCUT2D eigenvalue weighted by atomic mass is 19.2. The van der Waals surface area contributed by atoms with Crippen molar-refractivity contribution in [3.05, 3.63) is 71.3 Å². The van der Waals surface area contributed by atoms with Crippen molar-refractivity contribution in [1.82, 2.24) is 9.91 Å². The third kappa shape index (κ3) is 4.85. The van der Waals surface area contributed by atoms with Gasteiger partial charge in [0, 0.05) is 26.3 Å². The zero-order chi connectivity index (χ0) is 21.0. The molecule has 0 radical (unpaired) electrons. The smallest absolute Gasteiger partial charge is 0.243 e. The summed E-state index contributed by atoms with van der Waals surface area (Å²) in [5.41, 5.74) is 2.33. The number of amides is 2. The molecule has 0 aromatic heterocycles. The summed E-state index contributed by atoms with van der Waals surface area (Å²) in [4.78, 5) is 26.3. The zero-order valence-corrected chi connectivity index (χ0v) is 16.4. The zero-order valence-electron chi connectivity index (χ0n) is 16.4. The van der Waals surface area contributed by atoms with Crippen LogP contribution in [0, 0.1) is 11.6 Å². The molecular formula is C22H23F2N3O2. The minimum atomic E-state index is -0.952. The molecular weight excluding hydrogens is 376 g/mol. The quantitative estimate of drug-likeness (QED) is 0.740. The van der Waals surface area contributed by atoms with Gasteiger partial charge in [0.15, 0.2) is 11.6 Å². The Morgan fingerprint density at radius 3 is 2.52 bits per heavy atom. The van der Waals surface area contributed by atoms with Crippen molar-refractivity contribution in [2.75, 3.05) is 13.6 Å². The predicted octanol–water partition coefficient (Wildman–Crippen LogP) is 3.90. The van der Waals surface area contributed by atoms with Gasteiger partial charge in [0.25, 0.3) is 0 Å². The average Bonchev–Trinajstić information content (AvgIpc) is 3.23. The molecule has 0 N–H and O–H groups in total. The normalized spacial score (nSPS) is 14.5. The van der Waals surface area contributed by atoms with Gasteiger partial charge in [-0.05, 0) is 30.2 Å². The number of hydrogen-bond donors (Lipinski definition) is 0. The summed E-state index contributed by atoms with van der Waals surface area (Å²) in [6.45, 7) is 2.22. The number of hydrazone groups is 1. The van der Waals surface area contributed by atoms with Gasteiger partial charge < -0.3 is 4.90 Å². The van der Waals surface area contributed by atoms with Crippen LogP contribution in [0.1, 0.15) is 43.4 Å². The minimum absolute atomic E-state index is 0.0238. The first-order chi connectivity index (χ1) is 13.9. The molecule has 0 aliphatic carbocycles. The summed E-state index contributed by atoms with van der Waals surface area (Å²) >= 11 is 0. The molecule has 5 nitrogen and oxygen atoms in total. The molecule has 1 unspecified atom stereocenters. The first kappa shape index (κ1) is 20.6. The Labute approximate surface area is 168 Å². The van der Waals surface area contributed by atoms with E-state index in [2.05, 4.69) is 5.10 Å². The van der Waals surface area contributed by atoms with Gasteiger partial charge in [0.1, 0.15) is 0 Å². The highest BCUT2D eigenvalue weighted by molar-refractivity contribution is 6.02. The minimum Gasteiger partial charge on any atom is -0.339 e. The second-order valence-corrected chi connectivity index (χ2v) is 7.03. The molecule has 2 aromatic rings. The highest BCUT2D eigenvalue weighted by Gasteiger charge is 2.24. The molecule has 29 heavy (non-hydrogen) atoms. The molecule has 0 saturated carbocycles. The largest absolute Gasteiger partial charge is 0.339 e. The van der Waals surface area contributed by atoms with Crippen LogP contribution in [0.15, 0.2) is 53.6 Å². The number of rotatable bonds is 6. The fourth-order valence-corrected chi connectivity index (χ4v) is 3.20. The summed E-state index contributed by atoms with van der Waals surface area (Å²) in [5, 5.41) is 5.79. The lowest BCUT2D eigenvalue weighted by molar-refractivity contribution is -0.137. The van der Waals surface area contributed by atoms with Crippen molar-refractivity contribution in [1.29, 1.82) is 0 Å². The first-order valence-corrected chi connectivity index (χ1v) is 9.50. The second kappa shape index (κ2) is 8.94. The lowest BCUT2D eigenvalue weighted by Crippen LogP contribution is -2.31. The van der Waals surface area contributed by atoms with E-state index in [1.54, 1.807) is 14.0 Å². The molecule has 0 fully saturated rings. The van der Waals surface area contributed by atoms with Crippen molar-refractivity contribution in [3.8, 4) is 0 Å². The van der Waals surface area contributed by atoms with E-state index in [9.17, 15) is 18.4 Å². The number of carbonyl (C=O) groups excluding carboxylic acids is 2. The van der Waals surface area contributed by atoms with Gasteiger partial charge >= 0.3 is 0 Å². The van der Waals surface area contributed by atoms with Crippen LogP contribution in [0.5, 0.6) is 0 Å². The Morgan fingerprint density at radius 2 is 1.83 bits per heavy atom. The van der Waals surface area contributed by atoms with E-state index >= 15 is 0 Å². The van der Waals surface area contributed by atoms with Gasteiger partial charge in [-0.3, -0.25) is 9.59 Å². The molecule has 1 aliphatic rings. The predicted molar refractivity (Wildman–Crippen MR) is 106 cm³/mol. The lowest BCUT2D eigenvalue weighted by Gasteiger charge is -2.25. The first-order valence-electron chi connectivity index (χ1n) is 9.50. The van der Waals surface area contributed by atoms with Crippen LogP contribution in [-0.4, -0.2) is 41.0 Å². The Balaban J connectivity index is 1.55. The monoisotopic (exact) mass is 399 g/mol. The maximum Gasteiger partial charge on any atom is 0.243 e. The average molecular weight is 399 g/mol. The van der Waals surface area contributed by atoms with E-state index in [0.29, 0.717) is 18.5 Å². The molecule has 0 bridgehead atoms. The van der Waals surface area contributed by atoms with Crippen molar-refractivity contribution >= 4 is 17.5 Å². The fourth-order valence-electron chi connectivity index (χ4n) is 3.20. The van der Waals surface area contributed by atoms with Gasteiger partial charge in [-0.15, -0.1) is 0 Å². The maximum atomic E-state index is 13.4. The molecule has 152 valence electrons. The highest BCUT2D eigenvalue weighted by Crippen LogP contribution is 2.22.